The zero-order valence-electron chi connectivity index (χ0n) is 20.8. The highest BCUT2D eigenvalue weighted by atomic mass is 19.4. The normalized spacial score (nSPS) is 15.7. The Morgan fingerprint density at radius 2 is 1.66 bits per heavy atom. The van der Waals surface area contributed by atoms with Crippen molar-refractivity contribution in [2.24, 2.45) is 5.92 Å². The Morgan fingerprint density at radius 3 is 2.26 bits per heavy atom. The molecule has 0 bridgehead atoms. The first-order chi connectivity index (χ1) is 18.0. The summed E-state index contributed by atoms with van der Waals surface area (Å²) < 4.78 is 38.7. The van der Waals surface area contributed by atoms with Crippen LogP contribution in [-0.2, 0) is 27.3 Å². The highest BCUT2D eigenvalue weighted by Crippen LogP contribution is 2.34. The summed E-state index contributed by atoms with van der Waals surface area (Å²) in [6.45, 7) is 1.24. The molecule has 1 fully saturated rings. The summed E-state index contributed by atoms with van der Waals surface area (Å²) in [6.07, 6.45) is -3.14. The van der Waals surface area contributed by atoms with Crippen LogP contribution in [0.4, 0.5) is 18.0 Å². The van der Waals surface area contributed by atoms with Crippen molar-refractivity contribution in [2.75, 3.05) is 13.1 Å². The van der Waals surface area contributed by atoms with Crippen molar-refractivity contribution < 1.29 is 32.3 Å². The monoisotopic (exact) mass is 533 g/mol. The third kappa shape index (κ3) is 8.29. The van der Waals surface area contributed by atoms with E-state index in [-0.39, 0.29) is 38.9 Å². The van der Waals surface area contributed by atoms with Gasteiger partial charge < -0.3 is 20.9 Å². The number of likely N-dealkylation sites (tertiary alicyclic amines) is 1. The molecule has 2 heterocycles. The van der Waals surface area contributed by atoms with Crippen LogP contribution < -0.4 is 16.0 Å². The Balaban J connectivity index is 1.59. The number of pyridine rings is 1. The Hall–Kier alpha value is -3.96. The number of alkyl halides is 3. The predicted octanol–water partition coefficient (Wildman–Crippen LogP) is 2.37. The second kappa shape index (κ2) is 13.0. The number of nitrogens with one attached hydrogen (secondary N) is 3. The lowest BCUT2D eigenvalue weighted by molar-refractivity contribution is -0.183. The van der Waals surface area contributed by atoms with Crippen LogP contribution in [0.5, 0.6) is 0 Å². The molecule has 0 aliphatic carbocycles. The van der Waals surface area contributed by atoms with Crippen LogP contribution in [0.15, 0.2) is 54.7 Å². The molecule has 1 aliphatic heterocycles. The van der Waals surface area contributed by atoms with Gasteiger partial charge in [-0.25, -0.2) is 4.79 Å². The number of amides is 4. The molecule has 0 radical (unpaired) electrons. The van der Waals surface area contributed by atoms with Gasteiger partial charge in [-0.1, -0.05) is 36.4 Å². The number of hydrogen-bond donors (Lipinski definition) is 3. The molecule has 2 aromatic rings. The molecule has 4 amide bonds. The topological polar surface area (TPSA) is 121 Å². The number of rotatable bonds is 9. The molecule has 204 valence electrons. The maximum atomic E-state index is 13.0. The zero-order valence-corrected chi connectivity index (χ0v) is 20.8. The van der Waals surface area contributed by atoms with Gasteiger partial charge in [-0.05, 0) is 37.5 Å². The first-order valence-electron chi connectivity index (χ1n) is 12.2. The molecule has 0 spiro atoms. The molecule has 12 heteroatoms. The summed E-state index contributed by atoms with van der Waals surface area (Å²) in [5.41, 5.74) is 1.25. The number of carbonyl (C=O) groups is 4. The SMILES string of the molecule is C[C@@H](NC(=O)N1CCC(C(F)(F)F)CC1)C(=O)N[C@H](Cc1ccccc1)C(=O)C(=O)NCc1ccccn1. The molecule has 3 N–H and O–H groups in total. The second-order valence-corrected chi connectivity index (χ2v) is 9.09. The van der Waals surface area contributed by atoms with Crippen LogP contribution in [0.25, 0.3) is 0 Å². The van der Waals surface area contributed by atoms with Gasteiger partial charge in [0.05, 0.1) is 18.2 Å². The molecular formula is C26H30F3N5O4. The van der Waals surface area contributed by atoms with E-state index < -0.39 is 47.8 Å². The summed E-state index contributed by atoms with van der Waals surface area (Å²) >= 11 is 0. The van der Waals surface area contributed by atoms with Gasteiger partial charge in [0.25, 0.3) is 5.91 Å². The number of aromatic nitrogens is 1. The predicted molar refractivity (Wildman–Crippen MR) is 132 cm³/mol. The molecule has 38 heavy (non-hydrogen) atoms. The van der Waals surface area contributed by atoms with E-state index in [1.807, 2.05) is 0 Å². The fourth-order valence-corrected chi connectivity index (χ4v) is 4.03. The average molecular weight is 534 g/mol. The van der Waals surface area contributed by atoms with Crippen molar-refractivity contribution in [3.05, 3.63) is 66.0 Å². The minimum atomic E-state index is -4.31. The molecule has 1 saturated heterocycles. The zero-order chi connectivity index (χ0) is 27.7. The molecule has 1 aromatic heterocycles. The molecule has 9 nitrogen and oxygen atoms in total. The van der Waals surface area contributed by atoms with E-state index >= 15 is 0 Å². The van der Waals surface area contributed by atoms with Crippen LogP contribution in [0.3, 0.4) is 0 Å². The van der Waals surface area contributed by atoms with Gasteiger partial charge in [0.15, 0.2) is 0 Å². The number of carbonyl (C=O) groups excluding carboxylic acids is 4. The largest absolute Gasteiger partial charge is 0.391 e. The van der Waals surface area contributed by atoms with E-state index in [9.17, 15) is 32.3 Å². The van der Waals surface area contributed by atoms with Crippen LogP contribution in [-0.4, -0.2) is 64.9 Å². The van der Waals surface area contributed by atoms with Crippen molar-refractivity contribution in [3.63, 3.8) is 0 Å². The van der Waals surface area contributed by atoms with Gasteiger partial charge in [-0.2, -0.15) is 13.2 Å². The van der Waals surface area contributed by atoms with Crippen molar-refractivity contribution in [3.8, 4) is 0 Å². The summed E-state index contributed by atoms with van der Waals surface area (Å²) in [5, 5.41) is 7.49. The van der Waals surface area contributed by atoms with Crippen molar-refractivity contribution in [1.29, 1.82) is 0 Å². The number of urea groups is 1. The number of benzene rings is 1. The molecule has 1 aromatic carbocycles. The number of nitrogens with zero attached hydrogens (tertiary/aromatic N) is 2. The minimum Gasteiger partial charge on any atom is -0.344 e. The smallest absolute Gasteiger partial charge is 0.344 e. The maximum absolute atomic E-state index is 13.0. The van der Waals surface area contributed by atoms with E-state index in [0.29, 0.717) is 11.3 Å². The maximum Gasteiger partial charge on any atom is 0.391 e. The highest BCUT2D eigenvalue weighted by molar-refractivity contribution is 6.38. The van der Waals surface area contributed by atoms with E-state index in [1.165, 1.54) is 11.8 Å². The Morgan fingerprint density at radius 1 is 1.00 bits per heavy atom. The third-order valence-corrected chi connectivity index (χ3v) is 6.27. The lowest BCUT2D eigenvalue weighted by atomic mass is 9.96. The van der Waals surface area contributed by atoms with Crippen molar-refractivity contribution in [2.45, 2.75) is 51.0 Å². The molecule has 0 unspecified atom stereocenters. The Kier molecular flexibility index (Phi) is 9.80. The number of ketones is 1. The number of piperidine rings is 1. The van der Waals surface area contributed by atoms with Crippen LogP contribution in [0.2, 0.25) is 0 Å². The van der Waals surface area contributed by atoms with Crippen LogP contribution in [0.1, 0.15) is 31.0 Å². The third-order valence-electron chi connectivity index (χ3n) is 6.27. The van der Waals surface area contributed by atoms with Gasteiger partial charge in [-0.15, -0.1) is 0 Å². The van der Waals surface area contributed by atoms with E-state index in [2.05, 4.69) is 20.9 Å². The molecule has 0 saturated carbocycles. The Labute approximate surface area is 218 Å². The van der Waals surface area contributed by atoms with Crippen LogP contribution >= 0.6 is 0 Å². The van der Waals surface area contributed by atoms with Crippen molar-refractivity contribution >= 4 is 23.6 Å². The van der Waals surface area contributed by atoms with Gasteiger partial charge in [0.2, 0.25) is 11.7 Å². The van der Waals surface area contributed by atoms with Gasteiger partial charge >= 0.3 is 12.2 Å². The van der Waals surface area contributed by atoms with E-state index in [1.54, 1.807) is 54.7 Å². The molecular weight excluding hydrogens is 503 g/mol. The molecule has 3 rings (SSSR count). The summed E-state index contributed by atoms with van der Waals surface area (Å²) in [7, 11) is 0. The van der Waals surface area contributed by atoms with Gasteiger partial charge in [-0.3, -0.25) is 19.4 Å². The minimum absolute atomic E-state index is 0.0227. The first kappa shape index (κ1) is 28.6. The average Bonchev–Trinajstić information content (AvgIpc) is 2.91. The fourth-order valence-electron chi connectivity index (χ4n) is 4.03. The van der Waals surface area contributed by atoms with Crippen LogP contribution in [0, 0.1) is 5.92 Å². The quantitative estimate of drug-likeness (QED) is 0.428. The molecule has 1 aliphatic rings. The number of halogens is 3. The standard InChI is InChI=1S/C26H30F3N5O4/c1-17(32-25(38)34-13-10-19(11-14-34)26(27,28)29)23(36)33-21(15-18-7-3-2-4-8-18)22(35)24(37)31-16-20-9-5-6-12-30-20/h2-9,12,17,19,21H,10-11,13-16H2,1H3,(H,31,37)(H,32,38)(H,33,36)/t17-,21-/m1/s1. The lowest BCUT2D eigenvalue weighted by Crippen LogP contribution is -2.56. The van der Waals surface area contributed by atoms with Gasteiger partial charge in [0.1, 0.15) is 12.1 Å². The summed E-state index contributed by atoms with van der Waals surface area (Å²) in [6, 6.07) is 10.9. The summed E-state index contributed by atoms with van der Waals surface area (Å²) in [4.78, 5) is 56.3. The van der Waals surface area contributed by atoms with Crippen molar-refractivity contribution in [1.82, 2.24) is 25.8 Å². The highest BCUT2D eigenvalue weighted by Gasteiger charge is 2.42. The Bertz CT molecular complexity index is 1110. The number of hydrogen-bond acceptors (Lipinski definition) is 5. The summed E-state index contributed by atoms with van der Waals surface area (Å²) in [5.74, 6) is -3.94. The van der Waals surface area contributed by atoms with E-state index in [4.69, 9.17) is 0 Å². The van der Waals surface area contributed by atoms with Gasteiger partial charge in [0, 0.05) is 25.7 Å². The fraction of sp³-hybridized carbons (Fsp3) is 0.423. The first-order valence-corrected chi connectivity index (χ1v) is 12.2. The second-order valence-electron chi connectivity index (χ2n) is 9.09. The van der Waals surface area contributed by atoms with E-state index in [0.717, 1.165) is 0 Å². The molecule has 2 atom stereocenters. The number of Topliss-reactive ketones (excluding diaryl/α,β-unsaturated/α-hetero) is 1. The lowest BCUT2D eigenvalue weighted by Gasteiger charge is -2.33.